The van der Waals surface area contributed by atoms with Crippen LogP contribution in [0, 0.1) is 6.92 Å². The zero-order valence-electron chi connectivity index (χ0n) is 9.07. The lowest BCUT2D eigenvalue weighted by Gasteiger charge is -2.09. The molecule has 0 aliphatic rings. The van der Waals surface area contributed by atoms with Gasteiger partial charge in [-0.2, -0.15) is 5.10 Å². The van der Waals surface area contributed by atoms with Gasteiger partial charge in [0.15, 0.2) is 0 Å². The monoisotopic (exact) mass is 201 g/mol. The van der Waals surface area contributed by atoms with Crippen LogP contribution in [0.4, 0.5) is 5.69 Å². The van der Waals surface area contributed by atoms with Crippen molar-refractivity contribution in [1.29, 1.82) is 0 Å². The molecule has 0 unspecified atom stereocenters. The van der Waals surface area contributed by atoms with E-state index in [1.54, 1.807) is 0 Å². The highest BCUT2D eigenvalue weighted by atomic mass is 15.3. The van der Waals surface area contributed by atoms with Crippen LogP contribution in [0.15, 0.2) is 30.5 Å². The highest BCUT2D eigenvalue weighted by molar-refractivity contribution is 5.70. The second kappa shape index (κ2) is 3.77. The van der Waals surface area contributed by atoms with Gasteiger partial charge >= 0.3 is 0 Å². The van der Waals surface area contributed by atoms with E-state index in [4.69, 9.17) is 5.73 Å². The number of aryl methyl sites for hydroxylation is 1. The minimum Gasteiger partial charge on any atom is -0.398 e. The predicted octanol–water partition coefficient (Wildman–Crippen LogP) is 2.46. The molecule has 0 spiro atoms. The zero-order valence-corrected chi connectivity index (χ0v) is 9.07. The summed E-state index contributed by atoms with van der Waals surface area (Å²) in [4.78, 5) is 0. The van der Waals surface area contributed by atoms with E-state index in [2.05, 4.69) is 18.1 Å². The highest BCUT2D eigenvalue weighted by Crippen LogP contribution is 2.26. The van der Waals surface area contributed by atoms with Crippen LogP contribution >= 0.6 is 0 Å². The Balaban J connectivity index is 2.59. The molecule has 2 rings (SSSR count). The first-order valence-electron chi connectivity index (χ1n) is 5.11. The Kier molecular flexibility index (Phi) is 2.46. The number of hydrogen-bond acceptors (Lipinski definition) is 2. The van der Waals surface area contributed by atoms with E-state index >= 15 is 0 Å². The molecule has 1 aromatic heterocycles. The minimum absolute atomic E-state index is 0.830. The summed E-state index contributed by atoms with van der Waals surface area (Å²) in [6, 6.07) is 8.00. The highest BCUT2D eigenvalue weighted by Gasteiger charge is 2.07. The fourth-order valence-corrected chi connectivity index (χ4v) is 1.74. The SMILES string of the molecule is CCn1nccc1-c1cccc(N)c1C. The Morgan fingerprint density at radius 3 is 2.87 bits per heavy atom. The molecule has 0 saturated carbocycles. The van der Waals surface area contributed by atoms with Crippen LogP contribution in [0.3, 0.4) is 0 Å². The molecule has 0 amide bonds. The summed E-state index contributed by atoms with van der Waals surface area (Å²) in [5.41, 5.74) is 10.1. The van der Waals surface area contributed by atoms with Crippen molar-refractivity contribution in [2.45, 2.75) is 20.4 Å². The number of rotatable bonds is 2. The molecular weight excluding hydrogens is 186 g/mol. The molecule has 15 heavy (non-hydrogen) atoms. The molecule has 0 aliphatic heterocycles. The summed E-state index contributed by atoms with van der Waals surface area (Å²) < 4.78 is 1.97. The van der Waals surface area contributed by atoms with Crippen LogP contribution in [0.2, 0.25) is 0 Å². The van der Waals surface area contributed by atoms with Gasteiger partial charge in [-0.1, -0.05) is 12.1 Å². The van der Waals surface area contributed by atoms with Gasteiger partial charge in [0.1, 0.15) is 0 Å². The number of hydrogen-bond donors (Lipinski definition) is 1. The van der Waals surface area contributed by atoms with E-state index in [9.17, 15) is 0 Å². The lowest BCUT2D eigenvalue weighted by Crippen LogP contribution is -2.00. The van der Waals surface area contributed by atoms with Crippen molar-refractivity contribution in [1.82, 2.24) is 9.78 Å². The van der Waals surface area contributed by atoms with Gasteiger partial charge in [0, 0.05) is 24.0 Å². The van der Waals surface area contributed by atoms with Crippen LogP contribution in [0.25, 0.3) is 11.3 Å². The van der Waals surface area contributed by atoms with Gasteiger partial charge in [-0.15, -0.1) is 0 Å². The van der Waals surface area contributed by atoms with Crippen LogP contribution < -0.4 is 5.73 Å². The fraction of sp³-hybridized carbons (Fsp3) is 0.250. The fourth-order valence-electron chi connectivity index (χ4n) is 1.74. The molecule has 78 valence electrons. The lowest BCUT2D eigenvalue weighted by atomic mass is 10.0. The van der Waals surface area contributed by atoms with Crippen molar-refractivity contribution in [3.05, 3.63) is 36.0 Å². The smallest absolute Gasteiger partial charge is 0.0685 e. The Morgan fingerprint density at radius 1 is 1.33 bits per heavy atom. The summed E-state index contributed by atoms with van der Waals surface area (Å²) in [6.07, 6.45) is 1.82. The second-order valence-electron chi connectivity index (χ2n) is 3.55. The largest absolute Gasteiger partial charge is 0.398 e. The molecular formula is C12H15N3. The summed E-state index contributed by atoms with van der Waals surface area (Å²) in [5, 5.41) is 4.26. The average Bonchev–Trinajstić information content (AvgIpc) is 2.70. The van der Waals surface area contributed by atoms with Crippen LogP contribution in [-0.4, -0.2) is 9.78 Å². The molecule has 0 atom stereocenters. The number of benzene rings is 1. The van der Waals surface area contributed by atoms with Crippen molar-refractivity contribution in [2.75, 3.05) is 5.73 Å². The zero-order chi connectivity index (χ0) is 10.8. The predicted molar refractivity (Wildman–Crippen MR) is 62.5 cm³/mol. The number of nitrogens with two attached hydrogens (primary N) is 1. The van der Waals surface area contributed by atoms with Crippen molar-refractivity contribution >= 4 is 5.69 Å². The minimum atomic E-state index is 0.830. The summed E-state index contributed by atoms with van der Waals surface area (Å²) in [7, 11) is 0. The number of nitrogens with zero attached hydrogens (tertiary/aromatic N) is 2. The molecule has 1 aromatic carbocycles. The molecule has 2 N–H and O–H groups in total. The maximum absolute atomic E-state index is 5.89. The first-order chi connectivity index (χ1) is 7.24. The Labute approximate surface area is 89.5 Å². The van der Waals surface area contributed by atoms with Crippen LogP contribution in [0.5, 0.6) is 0 Å². The van der Waals surface area contributed by atoms with E-state index in [0.29, 0.717) is 0 Å². The molecule has 0 fully saturated rings. The molecule has 3 nitrogen and oxygen atoms in total. The summed E-state index contributed by atoms with van der Waals surface area (Å²) in [6.45, 7) is 4.99. The molecule has 2 aromatic rings. The van der Waals surface area contributed by atoms with Gasteiger partial charge in [-0.05, 0) is 31.5 Å². The Hall–Kier alpha value is -1.77. The third-order valence-corrected chi connectivity index (χ3v) is 2.67. The quantitative estimate of drug-likeness (QED) is 0.758. The molecule has 0 saturated heterocycles. The van der Waals surface area contributed by atoms with Crippen LogP contribution in [-0.2, 0) is 6.54 Å². The normalized spacial score (nSPS) is 10.5. The first kappa shape index (κ1) is 9.77. The Bertz CT molecular complexity index is 471. The molecule has 0 bridgehead atoms. The molecule has 0 aliphatic carbocycles. The topological polar surface area (TPSA) is 43.8 Å². The van der Waals surface area contributed by atoms with E-state index in [0.717, 1.165) is 29.1 Å². The van der Waals surface area contributed by atoms with E-state index in [-0.39, 0.29) is 0 Å². The standard InChI is InChI=1S/C12H15N3/c1-3-15-12(7-8-14-15)10-5-4-6-11(13)9(10)2/h4-8H,3,13H2,1-2H3. The van der Waals surface area contributed by atoms with Crippen molar-refractivity contribution in [2.24, 2.45) is 0 Å². The van der Waals surface area contributed by atoms with Gasteiger partial charge in [0.25, 0.3) is 0 Å². The second-order valence-corrected chi connectivity index (χ2v) is 3.55. The maximum Gasteiger partial charge on any atom is 0.0685 e. The van der Waals surface area contributed by atoms with Gasteiger partial charge in [-0.25, -0.2) is 0 Å². The Morgan fingerprint density at radius 2 is 2.13 bits per heavy atom. The van der Waals surface area contributed by atoms with E-state index < -0.39 is 0 Å². The third kappa shape index (κ3) is 1.61. The summed E-state index contributed by atoms with van der Waals surface area (Å²) >= 11 is 0. The number of aromatic nitrogens is 2. The lowest BCUT2D eigenvalue weighted by molar-refractivity contribution is 0.667. The molecule has 0 radical (unpaired) electrons. The molecule has 3 heteroatoms. The average molecular weight is 201 g/mol. The first-order valence-corrected chi connectivity index (χ1v) is 5.11. The van der Waals surface area contributed by atoms with Crippen molar-refractivity contribution in [3.63, 3.8) is 0 Å². The van der Waals surface area contributed by atoms with Gasteiger partial charge in [-0.3, -0.25) is 4.68 Å². The number of nitrogen functional groups attached to an aromatic ring is 1. The van der Waals surface area contributed by atoms with E-state index in [1.165, 1.54) is 0 Å². The van der Waals surface area contributed by atoms with Crippen LogP contribution in [0.1, 0.15) is 12.5 Å². The van der Waals surface area contributed by atoms with E-state index in [1.807, 2.05) is 36.0 Å². The van der Waals surface area contributed by atoms with Gasteiger partial charge < -0.3 is 5.73 Å². The summed E-state index contributed by atoms with van der Waals surface area (Å²) in [5.74, 6) is 0. The van der Waals surface area contributed by atoms with Gasteiger partial charge in [0.05, 0.1) is 5.69 Å². The number of anilines is 1. The van der Waals surface area contributed by atoms with Gasteiger partial charge in [0.2, 0.25) is 0 Å². The molecule has 1 heterocycles. The third-order valence-electron chi connectivity index (χ3n) is 2.67. The maximum atomic E-state index is 5.89. The van der Waals surface area contributed by atoms with Crippen molar-refractivity contribution < 1.29 is 0 Å². The van der Waals surface area contributed by atoms with Crippen molar-refractivity contribution in [3.8, 4) is 11.3 Å².